The Labute approximate surface area is 122 Å². The summed E-state index contributed by atoms with van der Waals surface area (Å²) in [6.45, 7) is 0.595. The van der Waals surface area contributed by atoms with E-state index in [0.29, 0.717) is 17.4 Å². The van der Waals surface area contributed by atoms with Crippen molar-refractivity contribution in [2.24, 2.45) is 0 Å². The van der Waals surface area contributed by atoms with Gasteiger partial charge in [-0.25, -0.2) is 4.39 Å². The van der Waals surface area contributed by atoms with Gasteiger partial charge in [0, 0.05) is 19.5 Å². The second kappa shape index (κ2) is 6.27. The highest BCUT2D eigenvalue weighted by Gasteiger charge is 2.08. The molecule has 0 aliphatic carbocycles. The zero-order valence-electron chi connectivity index (χ0n) is 10.5. The van der Waals surface area contributed by atoms with Crippen LogP contribution in [0.2, 0.25) is 5.02 Å². The summed E-state index contributed by atoms with van der Waals surface area (Å²) < 4.78 is 13.1. The van der Waals surface area contributed by atoms with Crippen LogP contribution in [0.3, 0.4) is 0 Å². The Morgan fingerprint density at radius 1 is 1.11 bits per heavy atom. The number of hydrogen-bond donors (Lipinski definition) is 0. The van der Waals surface area contributed by atoms with Crippen LogP contribution in [0.25, 0.3) is 0 Å². The largest absolute Gasteiger partial charge is 0.369 e. The van der Waals surface area contributed by atoms with Gasteiger partial charge in [-0.1, -0.05) is 29.8 Å². The second-order valence-electron chi connectivity index (χ2n) is 4.41. The van der Waals surface area contributed by atoms with E-state index in [2.05, 4.69) is 0 Å². The first-order valence-corrected chi connectivity index (χ1v) is 6.81. The van der Waals surface area contributed by atoms with Gasteiger partial charge in [-0.15, -0.1) is 11.6 Å². The first-order valence-electron chi connectivity index (χ1n) is 5.90. The maximum atomic E-state index is 13.1. The van der Waals surface area contributed by atoms with Gasteiger partial charge in [0.1, 0.15) is 5.82 Å². The molecule has 1 nitrogen and oxygen atoms in total. The molecule has 0 aliphatic rings. The molecule has 0 radical (unpaired) electrons. The summed E-state index contributed by atoms with van der Waals surface area (Å²) in [5.41, 5.74) is 2.79. The van der Waals surface area contributed by atoms with Crippen LogP contribution in [0.1, 0.15) is 11.1 Å². The Hall–Kier alpha value is -1.25. The van der Waals surface area contributed by atoms with Crippen LogP contribution in [-0.2, 0) is 12.4 Å². The fourth-order valence-corrected chi connectivity index (χ4v) is 2.45. The third-order valence-electron chi connectivity index (χ3n) is 2.89. The lowest BCUT2D eigenvalue weighted by Crippen LogP contribution is -2.16. The number of alkyl halides is 1. The van der Waals surface area contributed by atoms with Gasteiger partial charge in [0.05, 0.1) is 10.7 Å². The second-order valence-corrected chi connectivity index (χ2v) is 5.08. The summed E-state index contributed by atoms with van der Waals surface area (Å²) in [5.74, 6) is 0.211. The Morgan fingerprint density at radius 2 is 1.89 bits per heavy atom. The molecule has 19 heavy (non-hydrogen) atoms. The molecule has 2 rings (SSSR count). The lowest BCUT2D eigenvalue weighted by molar-refractivity contribution is 0.625. The molecule has 2 aromatic carbocycles. The zero-order valence-corrected chi connectivity index (χ0v) is 12.0. The Kier molecular flexibility index (Phi) is 4.67. The maximum absolute atomic E-state index is 13.1. The fraction of sp³-hybridized carbons (Fsp3) is 0.200. The van der Waals surface area contributed by atoms with Crippen LogP contribution in [0, 0.1) is 5.82 Å². The molecule has 4 heteroatoms. The number of halogens is 3. The lowest BCUT2D eigenvalue weighted by Gasteiger charge is -2.21. The molecular weight excluding hydrogens is 284 g/mol. The predicted octanol–water partition coefficient (Wildman–Crippen LogP) is 4.85. The average molecular weight is 298 g/mol. The Bertz CT molecular complexity index is 572. The van der Waals surface area contributed by atoms with E-state index >= 15 is 0 Å². The van der Waals surface area contributed by atoms with Gasteiger partial charge in [0.15, 0.2) is 0 Å². The highest BCUT2D eigenvalue weighted by molar-refractivity contribution is 6.33. The molecule has 0 saturated heterocycles. The molecule has 0 fully saturated rings. The van der Waals surface area contributed by atoms with Crippen molar-refractivity contribution in [3.05, 3.63) is 64.4 Å². The molecule has 0 aromatic heterocycles. The molecule has 0 amide bonds. The smallest absolute Gasteiger partial charge is 0.123 e. The number of nitrogens with zero attached hydrogens (tertiary/aromatic N) is 1. The van der Waals surface area contributed by atoms with Crippen molar-refractivity contribution in [1.29, 1.82) is 0 Å². The van der Waals surface area contributed by atoms with E-state index in [1.54, 1.807) is 6.07 Å². The third kappa shape index (κ3) is 3.62. The first kappa shape index (κ1) is 14.2. The van der Waals surface area contributed by atoms with Crippen molar-refractivity contribution in [3.63, 3.8) is 0 Å². The molecule has 0 atom stereocenters. The molecule has 0 spiro atoms. The SMILES string of the molecule is CN(Cc1cccc(F)c1)c1ccc(CCl)cc1Cl. The standard InChI is InChI=1S/C15H14Cl2FN/c1-19(10-12-3-2-4-13(18)7-12)15-6-5-11(9-16)8-14(15)17/h2-8H,9-10H2,1H3. The first-order chi connectivity index (χ1) is 9.10. The van der Waals surface area contributed by atoms with Crippen molar-refractivity contribution >= 4 is 28.9 Å². The van der Waals surface area contributed by atoms with Crippen LogP contribution in [-0.4, -0.2) is 7.05 Å². The summed E-state index contributed by atoms with van der Waals surface area (Å²) in [5, 5.41) is 0.650. The molecule has 100 valence electrons. The maximum Gasteiger partial charge on any atom is 0.123 e. The quantitative estimate of drug-likeness (QED) is 0.729. The number of rotatable bonds is 4. The third-order valence-corrected chi connectivity index (χ3v) is 3.50. The van der Waals surface area contributed by atoms with E-state index in [9.17, 15) is 4.39 Å². The fourth-order valence-electron chi connectivity index (χ4n) is 1.94. The lowest BCUT2D eigenvalue weighted by atomic mass is 10.1. The van der Waals surface area contributed by atoms with Crippen LogP contribution < -0.4 is 4.90 Å². The van der Waals surface area contributed by atoms with E-state index < -0.39 is 0 Å². The topological polar surface area (TPSA) is 3.24 Å². The Morgan fingerprint density at radius 3 is 2.53 bits per heavy atom. The summed E-state index contributed by atoms with van der Waals surface area (Å²) in [4.78, 5) is 1.98. The van der Waals surface area contributed by atoms with Crippen molar-refractivity contribution < 1.29 is 4.39 Å². The molecule has 0 unspecified atom stereocenters. The van der Waals surface area contributed by atoms with E-state index in [1.165, 1.54) is 12.1 Å². The number of hydrogen-bond acceptors (Lipinski definition) is 1. The molecular formula is C15H14Cl2FN. The van der Waals surface area contributed by atoms with E-state index in [4.69, 9.17) is 23.2 Å². The minimum Gasteiger partial charge on any atom is -0.369 e. The molecule has 0 N–H and O–H groups in total. The monoisotopic (exact) mass is 297 g/mol. The van der Waals surface area contributed by atoms with Gasteiger partial charge < -0.3 is 4.90 Å². The van der Waals surface area contributed by atoms with Gasteiger partial charge in [0.25, 0.3) is 0 Å². The number of benzene rings is 2. The van der Waals surface area contributed by atoms with Crippen LogP contribution >= 0.6 is 23.2 Å². The van der Waals surface area contributed by atoms with Gasteiger partial charge in [0.2, 0.25) is 0 Å². The van der Waals surface area contributed by atoms with Crippen molar-refractivity contribution in [1.82, 2.24) is 0 Å². The highest BCUT2D eigenvalue weighted by atomic mass is 35.5. The van der Waals surface area contributed by atoms with Gasteiger partial charge in [-0.05, 0) is 35.4 Å². The molecule has 2 aromatic rings. The normalized spacial score (nSPS) is 10.5. The van der Waals surface area contributed by atoms with E-state index in [-0.39, 0.29) is 5.82 Å². The predicted molar refractivity (Wildman–Crippen MR) is 79.5 cm³/mol. The number of anilines is 1. The molecule has 0 bridgehead atoms. The minimum absolute atomic E-state index is 0.227. The van der Waals surface area contributed by atoms with Crippen molar-refractivity contribution in [3.8, 4) is 0 Å². The highest BCUT2D eigenvalue weighted by Crippen LogP contribution is 2.27. The van der Waals surface area contributed by atoms with Crippen LogP contribution in [0.5, 0.6) is 0 Å². The Balaban J connectivity index is 2.18. The average Bonchev–Trinajstić information content (AvgIpc) is 2.38. The van der Waals surface area contributed by atoms with Crippen LogP contribution in [0.15, 0.2) is 42.5 Å². The van der Waals surface area contributed by atoms with Gasteiger partial charge in [-0.3, -0.25) is 0 Å². The van der Waals surface area contributed by atoms with Gasteiger partial charge >= 0.3 is 0 Å². The molecule has 0 aliphatic heterocycles. The van der Waals surface area contributed by atoms with Crippen LogP contribution in [0.4, 0.5) is 10.1 Å². The van der Waals surface area contributed by atoms with Crippen molar-refractivity contribution in [2.45, 2.75) is 12.4 Å². The summed E-state index contributed by atoms with van der Waals surface area (Å²) in [7, 11) is 1.92. The zero-order chi connectivity index (χ0) is 13.8. The summed E-state index contributed by atoms with van der Waals surface area (Å²) in [6.07, 6.45) is 0. The molecule has 0 heterocycles. The van der Waals surface area contributed by atoms with Crippen molar-refractivity contribution in [2.75, 3.05) is 11.9 Å². The minimum atomic E-state index is -0.227. The van der Waals surface area contributed by atoms with E-state index in [0.717, 1.165) is 16.8 Å². The van der Waals surface area contributed by atoms with Gasteiger partial charge in [-0.2, -0.15) is 0 Å². The summed E-state index contributed by atoms with van der Waals surface area (Å²) >= 11 is 12.0. The molecule has 0 saturated carbocycles. The summed E-state index contributed by atoms with van der Waals surface area (Å²) in [6, 6.07) is 12.3. The van der Waals surface area contributed by atoms with E-state index in [1.807, 2.05) is 36.2 Å².